The molecule has 262 valence electrons. The highest BCUT2D eigenvalue weighted by Gasteiger charge is 2.38. The van der Waals surface area contributed by atoms with Gasteiger partial charge in [-0.2, -0.15) is 0 Å². The highest BCUT2D eigenvalue weighted by atomic mass is 15.0. The summed E-state index contributed by atoms with van der Waals surface area (Å²) >= 11 is 0. The van der Waals surface area contributed by atoms with Crippen LogP contribution in [0.3, 0.4) is 0 Å². The van der Waals surface area contributed by atoms with Crippen LogP contribution in [0.2, 0.25) is 0 Å². The number of aromatic nitrogens is 4. The van der Waals surface area contributed by atoms with Crippen molar-refractivity contribution >= 4 is 0 Å². The maximum absolute atomic E-state index is 5.14. The van der Waals surface area contributed by atoms with Crippen molar-refractivity contribution in [2.24, 2.45) is 0 Å². The van der Waals surface area contributed by atoms with E-state index in [1.165, 1.54) is 67.7 Å². The van der Waals surface area contributed by atoms with Gasteiger partial charge >= 0.3 is 0 Å². The Bertz CT molecular complexity index is 1140. The zero-order valence-corrected chi connectivity index (χ0v) is 33.7. The zero-order valence-electron chi connectivity index (χ0n) is 33.7. The molecule has 0 amide bonds. The van der Waals surface area contributed by atoms with Crippen molar-refractivity contribution in [3.8, 4) is 0 Å². The molecule has 0 fully saturated rings. The summed E-state index contributed by atoms with van der Waals surface area (Å²) in [5.74, 6) is 2.27. The molecule has 0 bridgehead atoms. The van der Waals surface area contributed by atoms with Gasteiger partial charge in [-0.15, -0.1) is 0 Å². The van der Waals surface area contributed by atoms with Crippen LogP contribution in [0.5, 0.6) is 0 Å². The minimum Gasteiger partial charge on any atom is -0.345 e. The minimum atomic E-state index is 0.0644. The lowest BCUT2D eigenvalue weighted by molar-refractivity contribution is 0.390. The normalized spacial score (nSPS) is 13.6. The van der Waals surface area contributed by atoms with Gasteiger partial charge in [-0.1, -0.05) is 157 Å². The van der Waals surface area contributed by atoms with Crippen LogP contribution < -0.4 is 0 Å². The van der Waals surface area contributed by atoms with Crippen LogP contribution in [0.25, 0.3) is 0 Å². The average Bonchev–Trinajstić information content (AvgIpc) is 3.63. The quantitative estimate of drug-likeness (QED) is 0.193. The molecular weight excluding hydrogens is 548 g/mol. The molecule has 4 heteroatoms. The molecule has 0 saturated heterocycles. The molecule has 0 unspecified atom stereocenters. The van der Waals surface area contributed by atoms with Gasteiger partial charge in [-0.25, -0.2) is 9.97 Å². The Kier molecular flexibility index (Phi) is 14.7. The van der Waals surface area contributed by atoms with Crippen molar-refractivity contribution in [2.75, 3.05) is 0 Å². The van der Waals surface area contributed by atoms with Gasteiger partial charge in [0.2, 0.25) is 0 Å². The summed E-state index contributed by atoms with van der Waals surface area (Å²) in [4.78, 5) is 17.7. The van der Waals surface area contributed by atoms with E-state index in [0.29, 0.717) is 0 Å². The van der Waals surface area contributed by atoms with Crippen molar-refractivity contribution in [1.82, 2.24) is 19.9 Å². The summed E-state index contributed by atoms with van der Waals surface area (Å²) in [5.41, 5.74) is 6.15. The Morgan fingerprint density at radius 1 is 0.444 bits per heavy atom. The van der Waals surface area contributed by atoms with E-state index in [0.717, 1.165) is 37.3 Å². The highest BCUT2D eigenvalue weighted by molar-refractivity contribution is 5.32. The van der Waals surface area contributed by atoms with Crippen LogP contribution in [-0.2, 0) is 32.5 Å². The summed E-state index contributed by atoms with van der Waals surface area (Å²) in [6.07, 6.45) is 13.4. The number of nitrogens with zero attached hydrogens (tertiary/aromatic N) is 2. The van der Waals surface area contributed by atoms with Crippen molar-refractivity contribution in [3.63, 3.8) is 0 Å². The number of imidazole rings is 2. The van der Waals surface area contributed by atoms with E-state index in [-0.39, 0.29) is 32.5 Å². The lowest BCUT2D eigenvalue weighted by Crippen LogP contribution is -2.28. The molecule has 2 aromatic heterocycles. The fourth-order valence-corrected chi connectivity index (χ4v) is 6.19. The van der Waals surface area contributed by atoms with E-state index in [9.17, 15) is 0 Å². The van der Waals surface area contributed by atoms with Gasteiger partial charge in [0.25, 0.3) is 0 Å². The van der Waals surface area contributed by atoms with Crippen LogP contribution in [-0.4, -0.2) is 19.9 Å². The lowest BCUT2D eigenvalue weighted by atomic mass is 9.74. The first kappa shape index (κ1) is 41.4. The molecule has 0 spiro atoms. The first-order chi connectivity index (χ1) is 20.5. The molecular formula is C41H78N4. The molecule has 2 N–H and O–H groups in total. The standard InChI is InChI=1S/C21H40N2.C20H38N2/c1-10-13-14-15-20(7,8)16-17(21(9,11-2)12-3)23-18(22-16)19(4,5)6;1-10-13-14-19(7,8)15-16(20(9,11-2)12-3)22-17(21-15)18(4,5)6/h10-15H2,1-9H3,(H,22,23);10-14H2,1-9H3,(H,21,22). The van der Waals surface area contributed by atoms with E-state index in [4.69, 9.17) is 9.97 Å². The summed E-state index contributed by atoms with van der Waals surface area (Å²) in [7, 11) is 0. The molecule has 0 atom stereocenters. The third-order valence-electron chi connectivity index (χ3n) is 11.0. The van der Waals surface area contributed by atoms with Gasteiger partial charge < -0.3 is 9.97 Å². The number of unbranched alkanes of at least 4 members (excludes halogenated alkanes) is 3. The van der Waals surface area contributed by atoms with E-state index in [1.807, 2.05) is 0 Å². The summed E-state index contributed by atoms with van der Waals surface area (Å²) in [6.45, 7) is 41.5. The van der Waals surface area contributed by atoms with Crippen molar-refractivity contribution in [1.29, 1.82) is 0 Å². The molecule has 0 saturated carbocycles. The minimum absolute atomic E-state index is 0.0644. The molecule has 2 aromatic rings. The highest BCUT2D eigenvalue weighted by Crippen LogP contribution is 2.42. The van der Waals surface area contributed by atoms with Gasteiger partial charge in [-0.05, 0) is 38.5 Å². The second-order valence-electron chi connectivity index (χ2n) is 18.0. The van der Waals surface area contributed by atoms with Gasteiger partial charge in [-0.3, -0.25) is 0 Å². The predicted octanol–water partition coefficient (Wildman–Crippen LogP) is 12.9. The Morgan fingerprint density at radius 2 is 0.756 bits per heavy atom. The van der Waals surface area contributed by atoms with Crippen LogP contribution >= 0.6 is 0 Å². The number of hydrogen-bond donors (Lipinski definition) is 2. The fourth-order valence-electron chi connectivity index (χ4n) is 6.19. The molecule has 2 rings (SSSR count). The van der Waals surface area contributed by atoms with E-state index in [2.05, 4.69) is 135 Å². The van der Waals surface area contributed by atoms with E-state index < -0.39 is 0 Å². The smallest absolute Gasteiger partial charge is 0.112 e. The second-order valence-corrected chi connectivity index (χ2v) is 18.0. The van der Waals surface area contributed by atoms with Gasteiger partial charge in [0.15, 0.2) is 0 Å². The first-order valence-corrected chi connectivity index (χ1v) is 18.8. The molecule has 0 radical (unpaired) electrons. The lowest BCUT2D eigenvalue weighted by Gasteiger charge is -2.32. The molecule has 0 aromatic carbocycles. The SMILES string of the molecule is CCCCC(C)(C)c1nc(C(C)(C)C)[nH]c1C(C)(CC)CC.CCCCCC(C)(C)c1nc(C(C)(C)C)[nH]c1C(C)(CC)CC. The Morgan fingerprint density at radius 3 is 1.02 bits per heavy atom. The number of aromatic amines is 2. The number of rotatable bonds is 15. The Hall–Kier alpha value is -1.58. The number of nitrogens with one attached hydrogen (secondary N) is 2. The van der Waals surface area contributed by atoms with Crippen molar-refractivity contribution < 1.29 is 0 Å². The Labute approximate surface area is 281 Å². The third-order valence-corrected chi connectivity index (χ3v) is 11.0. The van der Waals surface area contributed by atoms with Gasteiger partial charge in [0.1, 0.15) is 11.6 Å². The van der Waals surface area contributed by atoms with Crippen LogP contribution in [0.1, 0.15) is 230 Å². The summed E-state index contributed by atoms with van der Waals surface area (Å²) < 4.78 is 0. The van der Waals surface area contributed by atoms with E-state index >= 15 is 0 Å². The third kappa shape index (κ3) is 10.5. The summed E-state index contributed by atoms with van der Waals surface area (Å²) in [6, 6.07) is 0. The average molecular weight is 627 g/mol. The molecule has 0 aliphatic rings. The van der Waals surface area contributed by atoms with Gasteiger partial charge in [0, 0.05) is 43.9 Å². The Balaban J connectivity index is 0.000000450. The topological polar surface area (TPSA) is 57.4 Å². The van der Waals surface area contributed by atoms with Crippen molar-refractivity contribution in [3.05, 3.63) is 34.4 Å². The van der Waals surface area contributed by atoms with E-state index in [1.54, 1.807) is 0 Å². The van der Waals surface area contributed by atoms with Crippen molar-refractivity contribution in [2.45, 2.75) is 228 Å². The maximum Gasteiger partial charge on any atom is 0.112 e. The molecule has 4 nitrogen and oxygen atoms in total. The zero-order chi connectivity index (χ0) is 35.1. The van der Waals surface area contributed by atoms with Crippen LogP contribution in [0, 0.1) is 0 Å². The first-order valence-electron chi connectivity index (χ1n) is 18.8. The molecule has 0 aliphatic carbocycles. The van der Waals surface area contributed by atoms with Gasteiger partial charge in [0.05, 0.1) is 11.4 Å². The second kappa shape index (κ2) is 16.0. The largest absolute Gasteiger partial charge is 0.345 e. The summed E-state index contributed by atoms with van der Waals surface area (Å²) in [5, 5.41) is 0. The number of hydrogen-bond acceptors (Lipinski definition) is 2. The number of H-pyrrole nitrogens is 2. The monoisotopic (exact) mass is 627 g/mol. The molecule has 0 aliphatic heterocycles. The molecule has 2 heterocycles. The predicted molar refractivity (Wildman–Crippen MR) is 200 cm³/mol. The van der Waals surface area contributed by atoms with Crippen LogP contribution in [0.15, 0.2) is 0 Å². The molecule has 45 heavy (non-hydrogen) atoms. The fraction of sp³-hybridized carbons (Fsp3) is 0.854. The van der Waals surface area contributed by atoms with Crippen LogP contribution in [0.4, 0.5) is 0 Å². The maximum atomic E-state index is 5.14.